The van der Waals surface area contributed by atoms with Crippen LogP contribution in [0.4, 0.5) is 5.82 Å². The second-order valence-corrected chi connectivity index (χ2v) is 10.1. The summed E-state index contributed by atoms with van der Waals surface area (Å²) in [5, 5.41) is 3.87. The van der Waals surface area contributed by atoms with Gasteiger partial charge < -0.3 is 10.1 Å². The highest BCUT2D eigenvalue weighted by molar-refractivity contribution is 7.89. The summed E-state index contributed by atoms with van der Waals surface area (Å²) in [5.74, 6) is 2.00. The van der Waals surface area contributed by atoms with Gasteiger partial charge in [0.2, 0.25) is 10.0 Å². The number of benzene rings is 2. The molecule has 172 valence electrons. The largest absolute Gasteiger partial charge is 0.497 e. The molecule has 0 aliphatic carbocycles. The number of carbonyl (C=O) groups is 1. The molecular formula is C23H25N5O4S. The molecule has 5 rings (SSSR count). The van der Waals surface area contributed by atoms with Gasteiger partial charge in [-0.2, -0.15) is 4.31 Å². The lowest BCUT2D eigenvalue weighted by Gasteiger charge is -2.22. The Labute approximate surface area is 192 Å². The summed E-state index contributed by atoms with van der Waals surface area (Å²) in [4.78, 5) is 24.0. The number of methoxy groups -OCH3 is 1. The lowest BCUT2D eigenvalue weighted by Crippen LogP contribution is -2.35. The molecule has 0 saturated carbocycles. The Hall–Kier alpha value is -3.08. The number of rotatable bonds is 5. The lowest BCUT2D eigenvalue weighted by molar-refractivity contribution is 0.101. The summed E-state index contributed by atoms with van der Waals surface area (Å²) in [6, 6.07) is 12.0. The minimum absolute atomic E-state index is 0.0372. The Kier molecular flexibility index (Phi) is 5.73. The van der Waals surface area contributed by atoms with E-state index in [4.69, 9.17) is 4.74 Å². The van der Waals surface area contributed by atoms with Crippen molar-refractivity contribution in [1.82, 2.24) is 19.2 Å². The number of anilines is 1. The van der Waals surface area contributed by atoms with E-state index in [1.165, 1.54) is 0 Å². The topological polar surface area (TPSA) is 105 Å². The standard InChI is InChI=1S/C23H25N5O4S/c1-32-16-6-8-17(9-7-16)33(30,31)28-11-3-10-27(12-13-28)15-21-25-19-5-2-4-18-20(29)14-24-23(26-21)22(18)19/h2,4-9H,3,10-15H2,1H3,(H,24,25,26). The summed E-state index contributed by atoms with van der Waals surface area (Å²) in [7, 11) is -2.02. The number of carbonyl (C=O) groups excluding carboxylic acids is 1. The molecule has 2 aliphatic rings. The van der Waals surface area contributed by atoms with Gasteiger partial charge in [0, 0.05) is 25.2 Å². The first-order valence-corrected chi connectivity index (χ1v) is 12.3. The number of nitrogens with zero attached hydrogens (tertiary/aromatic N) is 4. The molecule has 3 aromatic rings. The van der Waals surface area contributed by atoms with Crippen molar-refractivity contribution in [2.75, 3.05) is 45.2 Å². The van der Waals surface area contributed by atoms with Crippen LogP contribution >= 0.6 is 0 Å². The molecule has 0 spiro atoms. The Bertz CT molecular complexity index is 1310. The molecule has 33 heavy (non-hydrogen) atoms. The van der Waals surface area contributed by atoms with Gasteiger partial charge in [0.1, 0.15) is 17.4 Å². The predicted molar refractivity (Wildman–Crippen MR) is 124 cm³/mol. The molecule has 0 radical (unpaired) electrons. The number of sulfonamides is 1. The van der Waals surface area contributed by atoms with Crippen molar-refractivity contribution in [2.45, 2.75) is 17.9 Å². The molecular weight excluding hydrogens is 442 g/mol. The SMILES string of the molecule is COc1ccc(S(=O)(=O)N2CCCN(Cc3nc4c5c(cccc5n3)C(=O)CN4)CC2)cc1. The van der Waals surface area contributed by atoms with Crippen molar-refractivity contribution in [3.8, 4) is 5.75 Å². The molecule has 1 fully saturated rings. The zero-order chi connectivity index (χ0) is 23.0. The summed E-state index contributed by atoms with van der Waals surface area (Å²) in [5.41, 5.74) is 1.40. The Morgan fingerprint density at radius 1 is 1.03 bits per heavy atom. The number of ketones is 1. The lowest BCUT2D eigenvalue weighted by atomic mass is 10.0. The molecule has 10 heteroatoms. The van der Waals surface area contributed by atoms with Crippen LogP contribution in [-0.4, -0.2) is 73.2 Å². The molecule has 2 aliphatic heterocycles. The van der Waals surface area contributed by atoms with Crippen LogP contribution < -0.4 is 10.1 Å². The van der Waals surface area contributed by atoms with Crippen molar-refractivity contribution < 1.29 is 17.9 Å². The number of aromatic nitrogens is 2. The summed E-state index contributed by atoms with van der Waals surface area (Å²) >= 11 is 0. The highest BCUT2D eigenvalue weighted by atomic mass is 32.2. The van der Waals surface area contributed by atoms with E-state index in [2.05, 4.69) is 20.2 Å². The molecule has 0 bridgehead atoms. The van der Waals surface area contributed by atoms with Crippen LogP contribution in [0.25, 0.3) is 10.9 Å². The van der Waals surface area contributed by atoms with Crippen LogP contribution in [0, 0.1) is 0 Å². The van der Waals surface area contributed by atoms with Crippen LogP contribution in [0.3, 0.4) is 0 Å². The number of hydrogen-bond donors (Lipinski definition) is 1. The normalized spacial score (nSPS) is 17.5. The first-order valence-electron chi connectivity index (χ1n) is 10.9. The van der Waals surface area contributed by atoms with E-state index in [9.17, 15) is 13.2 Å². The van der Waals surface area contributed by atoms with E-state index in [0.29, 0.717) is 55.6 Å². The van der Waals surface area contributed by atoms with Crippen LogP contribution in [-0.2, 0) is 16.6 Å². The van der Waals surface area contributed by atoms with Gasteiger partial charge in [0.15, 0.2) is 5.78 Å². The number of ether oxygens (including phenoxy) is 1. The Morgan fingerprint density at radius 3 is 2.64 bits per heavy atom. The van der Waals surface area contributed by atoms with E-state index in [0.717, 1.165) is 17.4 Å². The zero-order valence-electron chi connectivity index (χ0n) is 18.3. The molecule has 0 amide bonds. The van der Waals surface area contributed by atoms with Crippen LogP contribution in [0.15, 0.2) is 47.4 Å². The number of nitrogens with one attached hydrogen (secondary N) is 1. The third kappa shape index (κ3) is 4.17. The zero-order valence-corrected chi connectivity index (χ0v) is 19.1. The van der Waals surface area contributed by atoms with Crippen LogP contribution in [0.5, 0.6) is 5.75 Å². The van der Waals surface area contributed by atoms with Gasteiger partial charge >= 0.3 is 0 Å². The maximum Gasteiger partial charge on any atom is 0.243 e. The highest BCUT2D eigenvalue weighted by Crippen LogP contribution is 2.28. The smallest absolute Gasteiger partial charge is 0.243 e. The van der Waals surface area contributed by atoms with Gasteiger partial charge in [-0.25, -0.2) is 18.4 Å². The van der Waals surface area contributed by atoms with Gasteiger partial charge in [-0.3, -0.25) is 9.69 Å². The summed E-state index contributed by atoms with van der Waals surface area (Å²) < 4.78 is 32.9. The predicted octanol–water partition coefficient (Wildman–Crippen LogP) is 2.14. The van der Waals surface area contributed by atoms with Crippen molar-refractivity contribution >= 4 is 32.5 Å². The minimum atomic E-state index is -3.57. The van der Waals surface area contributed by atoms with E-state index in [-0.39, 0.29) is 17.2 Å². The average molecular weight is 468 g/mol. The molecule has 0 unspecified atom stereocenters. The average Bonchev–Trinajstić information content (AvgIpc) is 3.07. The third-order valence-electron chi connectivity index (χ3n) is 6.10. The van der Waals surface area contributed by atoms with E-state index < -0.39 is 10.0 Å². The quantitative estimate of drug-likeness (QED) is 0.609. The Morgan fingerprint density at radius 2 is 1.85 bits per heavy atom. The fourth-order valence-corrected chi connectivity index (χ4v) is 5.83. The van der Waals surface area contributed by atoms with Gasteiger partial charge in [0.05, 0.1) is 36.0 Å². The maximum atomic E-state index is 13.1. The summed E-state index contributed by atoms with van der Waals surface area (Å²) in [6.45, 7) is 2.92. The van der Waals surface area contributed by atoms with Gasteiger partial charge in [-0.05, 0) is 43.3 Å². The maximum absolute atomic E-state index is 13.1. The van der Waals surface area contributed by atoms with Crippen LogP contribution in [0.1, 0.15) is 22.6 Å². The monoisotopic (exact) mass is 467 g/mol. The van der Waals surface area contributed by atoms with E-state index in [1.54, 1.807) is 35.7 Å². The van der Waals surface area contributed by atoms with Crippen LogP contribution in [0.2, 0.25) is 0 Å². The van der Waals surface area contributed by atoms with Gasteiger partial charge in [-0.15, -0.1) is 0 Å². The fraction of sp³-hybridized carbons (Fsp3) is 0.348. The van der Waals surface area contributed by atoms with Crippen molar-refractivity contribution in [3.63, 3.8) is 0 Å². The fourth-order valence-electron chi connectivity index (χ4n) is 4.36. The van der Waals surface area contributed by atoms with Crippen molar-refractivity contribution in [2.24, 2.45) is 0 Å². The summed E-state index contributed by atoms with van der Waals surface area (Å²) in [6.07, 6.45) is 0.715. The molecule has 1 saturated heterocycles. The first kappa shape index (κ1) is 21.7. The molecule has 3 heterocycles. The van der Waals surface area contributed by atoms with Gasteiger partial charge in [-0.1, -0.05) is 12.1 Å². The molecule has 1 N–H and O–H groups in total. The number of Topliss-reactive ketones (excluding diaryl/α,β-unsaturated/α-hetero) is 1. The molecule has 2 aromatic carbocycles. The minimum Gasteiger partial charge on any atom is -0.497 e. The van der Waals surface area contributed by atoms with Gasteiger partial charge in [0.25, 0.3) is 0 Å². The van der Waals surface area contributed by atoms with Crippen molar-refractivity contribution in [1.29, 1.82) is 0 Å². The molecule has 0 atom stereocenters. The van der Waals surface area contributed by atoms with Crippen molar-refractivity contribution in [3.05, 3.63) is 53.9 Å². The highest BCUT2D eigenvalue weighted by Gasteiger charge is 2.28. The van der Waals surface area contributed by atoms with E-state index in [1.807, 2.05) is 18.2 Å². The Balaban J connectivity index is 1.32. The third-order valence-corrected chi connectivity index (χ3v) is 8.01. The molecule has 9 nitrogen and oxygen atoms in total. The molecule has 1 aromatic heterocycles. The second kappa shape index (κ2) is 8.69. The first-order chi connectivity index (χ1) is 16.0. The number of hydrogen-bond acceptors (Lipinski definition) is 8. The van der Waals surface area contributed by atoms with E-state index >= 15 is 0 Å². The second-order valence-electron chi connectivity index (χ2n) is 8.17.